The third kappa shape index (κ3) is 2.68. The van der Waals surface area contributed by atoms with Gasteiger partial charge in [-0.05, 0) is 19.2 Å². The fraction of sp³-hybridized carbons (Fsp3) is 0.333. The SMILES string of the molecule is CN1CCN(C(=O)c2nn(-c3ccccc3)c3c(=O)n(C)cnc23)CC1. The molecule has 1 aromatic carbocycles. The van der Waals surface area contributed by atoms with Crippen LogP contribution in [0, 0.1) is 0 Å². The van der Waals surface area contributed by atoms with Crippen LogP contribution in [0.1, 0.15) is 10.5 Å². The third-order valence-electron chi connectivity index (χ3n) is 4.74. The van der Waals surface area contributed by atoms with Gasteiger partial charge in [-0.25, -0.2) is 9.67 Å². The smallest absolute Gasteiger partial charge is 0.279 e. The average molecular weight is 352 g/mol. The zero-order valence-corrected chi connectivity index (χ0v) is 14.8. The van der Waals surface area contributed by atoms with E-state index in [0.29, 0.717) is 24.1 Å². The highest BCUT2D eigenvalue weighted by Crippen LogP contribution is 2.19. The van der Waals surface area contributed by atoms with Crippen LogP contribution in [0.3, 0.4) is 0 Å². The Hall–Kier alpha value is -3.00. The Morgan fingerprint density at radius 1 is 1.04 bits per heavy atom. The van der Waals surface area contributed by atoms with E-state index in [4.69, 9.17) is 0 Å². The Bertz CT molecular complexity index is 1020. The van der Waals surface area contributed by atoms with E-state index < -0.39 is 0 Å². The summed E-state index contributed by atoms with van der Waals surface area (Å²) in [5.41, 5.74) is 1.38. The molecule has 8 heteroatoms. The number of aryl methyl sites for hydroxylation is 1. The van der Waals surface area contributed by atoms with E-state index >= 15 is 0 Å². The molecule has 0 saturated carbocycles. The second-order valence-electron chi connectivity index (χ2n) is 6.55. The molecule has 0 unspecified atom stereocenters. The Labute approximate surface area is 150 Å². The minimum Gasteiger partial charge on any atom is -0.335 e. The molecule has 134 valence electrons. The van der Waals surface area contributed by atoms with Gasteiger partial charge in [0.2, 0.25) is 0 Å². The number of hydrogen-bond acceptors (Lipinski definition) is 5. The summed E-state index contributed by atoms with van der Waals surface area (Å²) in [5, 5.41) is 4.49. The minimum absolute atomic E-state index is 0.182. The number of para-hydroxylation sites is 1. The number of fused-ring (bicyclic) bond motifs is 1. The molecule has 8 nitrogen and oxygen atoms in total. The molecule has 1 fully saturated rings. The van der Waals surface area contributed by atoms with Crippen molar-refractivity contribution in [2.45, 2.75) is 0 Å². The van der Waals surface area contributed by atoms with Crippen LogP contribution in [-0.2, 0) is 7.05 Å². The second kappa shape index (κ2) is 6.38. The van der Waals surface area contributed by atoms with Crippen LogP contribution in [0.5, 0.6) is 0 Å². The molecule has 0 N–H and O–H groups in total. The van der Waals surface area contributed by atoms with Gasteiger partial charge >= 0.3 is 0 Å². The summed E-state index contributed by atoms with van der Waals surface area (Å²) in [6, 6.07) is 9.32. The highest BCUT2D eigenvalue weighted by Gasteiger charge is 2.27. The molecule has 26 heavy (non-hydrogen) atoms. The summed E-state index contributed by atoms with van der Waals surface area (Å²) >= 11 is 0. The number of carbonyl (C=O) groups is 1. The van der Waals surface area contributed by atoms with E-state index in [9.17, 15) is 9.59 Å². The van der Waals surface area contributed by atoms with Crippen molar-refractivity contribution in [2.75, 3.05) is 33.2 Å². The van der Waals surface area contributed by atoms with Crippen molar-refractivity contribution in [3.63, 3.8) is 0 Å². The van der Waals surface area contributed by atoms with Crippen LogP contribution < -0.4 is 5.56 Å². The molecule has 3 aromatic rings. The van der Waals surface area contributed by atoms with Crippen molar-refractivity contribution < 1.29 is 4.79 Å². The van der Waals surface area contributed by atoms with E-state index in [1.54, 1.807) is 11.9 Å². The van der Waals surface area contributed by atoms with Crippen molar-refractivity contribution in [3.05, 3.63) is 52.7 Å². The van der Waals surface area contributed by atoms with Crippen molar-refractivity contribution in [3.8, 4) is 5.69 Å². The summed E-state index contributed by atoms with van der Waals surface area (Å²) < 4.78 is 2.92. The van der Waals surface area contributed by atoms with E-state index in [1.165, 1.54) is 15.6 Å². The van der Waals surface area contributed by atoms with Crippen molar-refractivity contribution in [2.24, 2.45) is 7.05 Å². The highest BCUT2D eigenvalue weighted by atomic mass is 16.2. The van der Waals surface area contributed by atoms with Crippen LogP contribution in [-0.4, -0.2) is 68.3 Å². The van der Waals surface area contributed by atoms with Crippen LogP contribution in [0.4, 0.5) is 0 Å². The number of carbonyl (C=O) groups excluding carboxylic acids is 1. The molecule has 0 aliphatic carbocycles. The maximum absolute atomic E-state index is 13.0. The molecule has 3 heterocycles. The van der Waals surface area contributed by atoms with E-state index in [1.807, 2.05) is 37.4 Å². The molecular weight excluding hydrogens is 332 g/mol. The quantitative estimate of drug-likeness (QED) is 0.672. The van der Waals surface area contributed by atoms with Gasteiger partial charge in [0.25, 0.3) is 11.5 Å². The molecule has 0 spiro atoms. The molecule has 1 aliphatic heterocycles. The molecule has 1 amide bonds. The van der Waals surface area contributed by atoms with Gasteiger partial charge in [-0.1, -0.05) is 18.2 Å². The molecule has 2 aromatic heterocycles. The molecular formula is C18H20N6O2. The number of nitrogens with zero attached hydrogens (tertiary/aromatic N) is 6. The van der Waals surface area contributed by atoms with Gasteiger partial charge < -0.3 is 14.4 Å². The largest absolute Gasteiger partial charge is 0.335 e. The Kier molecular flexibility index (Phi) is 4.04. The topological polar surface area (TPSA) is 76.3 Å². The first-order valence-corrected chi connectivity index (χ1v) is 8.54. The number of aromatic nitrogens is 4. The van der Waals surface area contributed by atoms with Crippen LogP contribution in [0.25, 0.3) is 16.7 Å². The minimum atomic E-state index is -0.233. The second-order valence-corrected chi connectivity index (χ2v) is 6.55. The van der Waals surface area contributed by atoms with Gasteiger partial charge in [0.15, 0.2) is 11.2 Å². The van der Waals surface area contributed by atoms with Crippen molar-refractivity contribution >= 4 is 16.9 Å². The van der Waals surface area contributed by atoms with E-state index in [0.717, 1.165) is 18.8 Å². The van der Waals surface area contributed by atoms with Gasteiger partial charge in [0.05, 0.1) is 12.0 Å². The lowest BCUT2D eigenvalue weighted by Gasteiger charge is -2.31. The Balaban J connectivity index is 1.87. The summed E-state index contributed by atoms with van der Waals surface area (Å²) in [6.07, 6.45) is 1.43. The van der Waals surface area contributed by atoms with Gasteiger partial charge in [0.1, 0.15) is 5.52 Å². The van der Waals surface area contributed by atoms with Crippen molar-refractivity contribution in [1.82, 2.24) is 29.1 Å². The summed E-state index contributed by atoms with van der Waals surface area (Å²) in [4.78, 5) is 34.0. The highest BCUT2D eigenvalue weighted by molar-refractivity contribution is 6.03. The summed E-state index contributed by atoms with van der Waals surface area (Å²) in [7, 11) is 3.67. The van der Waals surface area contributed by atoms with Crippen LogP contribution in [0.2, 0.25) is 0 Å². The Morgan fingerprint density at radius 3 is 2.42 bits per heavy atom. The molecule has 4 rings (SSSR count). The Morgan fingerprint density at radius 2 is 1.73 bits per heavy atom. The molecule has 0 atom stereocenters. The van der Waals surface area contributed by atoms with Gasteiger partial charge in [0, 0.05) is 33.2 Å². The number of likely N-dealkylation sites (N-methyl/N-ethyl adjacent to an activating group) is 1. The van der Waals surface area contributed by atoms with E-state index in [2.05, 4.69) is 15.0 Å². The maximum Gasteiger partial charge on any atom is 0.279 e. The predicted octanol–water partition coefficient (Wildman–Crippen LogP) is 0.507. The molecule has 1 saturated heterocycles. The predicted molar refractivity (Wildman–Crippen MR) is 97.5 cm³/mol. The lowest BCUT2D eigenvalue weighted by molar-refractivity contribution is 0.0659. The summed E-state index contributed by atoms with van der Waals surface area (Å²) in [5.74, 6) is -0.182. The number of amides is 1. The standard InChI is InChI=1S/C18H20N6O2/c1-21-8-10-23(11-9-21)17(25)15-14-16(18(26)22(2)12-19-14)24(20-15)13-6-4-3-5-7-13/h3-7,12H,8-11H2,1-2H3. The lowest BCUT2D eigenvalue weighted by Crippen LogP contribution is -2.47. The van der Waals surface area contributed by atoms with Crippen LogP contribution >= 0.6 is 0 Å². The molecule has 0 radical (unpaired) electrons. The number of rotatable bonds is 2. The summed E-state index contributed by atoms with van der Waals surface area (Å²) in [6.45, 7) is 2.91. The monoisotopic (exact) mass is 352 g/mol. The maximum atomic E-state index is 13.0. The fourth-order valence-corrected chi connectivity index (χ4v) is 3.15. The number of benzene rings is 1. The number of piperazine rings is 1. The van der Waals surface area contributed by atoms with Gasteiger partial charge in [-0.15, -0.1) is 0 Å². The lowest BCUT2D eigenvalue weighted by atomic mass is 10.2. The average Bonchev–Trinajstić information content (AvgIpc) is 3.06. The van der Waals surface area contributed by atoms with Crippen LogP contribution in [0.15, 0.2) is 41.5 Å². The third-order valence-corrected chi connectivity index (χ3v) is 4.74. The first kappa shape index (κ1) is 16.5. The molecule has 1 aliphatic rings. The van der Waals surface area contributed by atoms with E-state index in [-0.39, 0.29) is 17.2 Å². The number of hydrogen-bond donors (Lipinski definition) is 0. The van der Waals surface area contributed by atoms with Crippen molar-refractivity contribution in [1.29, 1.82) is 0 Å². The van der Waals surface area contributed by atoms with Gasteiger partial charge in [-0.2, -0.15) is 5.10 Å². The first-order chi connectivity index (χ1) is 12.6. The molecule has 0 bridgehead atoms. The first-order valence-electron chi connectivity index (χ1n) is 8.54. The fourth-order valence-electron chi connectivity index (χ4n) is 3.15. The zero-order chi connectivity index (χ0) is 18.3. The van der Waals surface area contributed by atoms with Gasteiger partial charge in [-0.3, -0.25) is 9.59 Å². The normalized spacial score (nSPS) is 15.5. The zero-order valence-electron chi connectivity index (χ0n) is 14.8.